The van der Waals surface area contributed by atoms with Crippen molar-refractivity contribution in [1.82, 2.24) is 10.4 Å². The van der Waals surface area contributed by atoms with Crippen LogP contribution in [0.4, 0.5) is 32.5 Å². The van der Waals surface area contributed by atoms with Gasteiger partial charge in [-0.3, -0.25) is 9.69 Å². The van der Waals surface area contributed by atoms with Gasteiger partial charge in [-0.15, -0.1) is 0 Å². The number of hydrogen-bond acceptors (Lipinski definition) is 11. The second-order valence-electron chi connectivity index (χ2n) is 15.6. The molecule has 328 valence electrons. The van der Waals surface area contributed by atoms with Crippen molar-refractivity contribution in [2.45, 2.75) is 67.3 Å². The highest BCUT2D eigenvalue weighted by molar-refractivity contribution is 6.02. The average Bonchev–Trinajstić information content (AvgIpc) is 3.26. The number of carbonyl (C=O) groups excluding carboxylic acids is 3. The molecule has 0 fully saturated rings. The van der Waals surface area contributed by atoms with Crippen molar-refractivity contribution in [1.29, 1.82) is 0 Å². The number of nitrogens with zero attached hydrogens (tertiary/aromatic N) is 4. The van der Waals surface area contributed by atoms with E-state index in [1.165, 1.54) is 18.1 Å². The number of hydrogen-bond donors (Lipinski definition) is 2. The number of esters is 1. The Morgan fingerprint density at radius 2 is 1.29 bits per heavy atom. The smallest absolute Gasteiger partial charge is 0.418 e. The summed E-state index contributed by atoms with van der Waals surface area (Å²) in [5, 5.41) is 6.91. The van der Waals surface area contributed by atoms with Gasteiger partial charge in [-0.05, 0) is 72.2 Å². The van der Waals surface area contributed by atoms with Crippen molar-refractivity contribution in [2.75, 3.05) is 47.4 Å². The van der Waals surface area contributed by atoms with Crippen LogP contribution in [0, 0.1) is 18.8 Å². The van der Waals surface area contributed by atoms with Crippen LogP contribution in [-0.4, -0.2) is 55.4 Å². The molecule has 4 aromatic carbocycles. The van der Waals surface area contributed by atoms with Crippen molar-refractivity contribution < 1.29 is 38.4 Å². The van der Waals surface area contributed by atoms with E-state index < -0.39 is 18.9 Å². The van der Waals surface area contributed by atoms with Crippen LogP contribution in [0.25, 0.3) is 0 Å². The Kier molecular flexibility index (Phi) is 18.2. The number of ether oxygens (including phenoxy) is 2. The first-order chi connectivity index (χ1) is 29.9. The Bertz CT molecular complexity index is 2100. The first-order valence-corrected chi connectivity index (χ1v) is 20.7. The second-order valence-corrected chi connectivity index (χ2v) is 15.6. The molecule has 1 heterocycles. The molecule has 14 heteroatoms. The highest BCUT2D eigenvalue weighted by atomic mass is 17.2. The normalized spacial score (nSPS) is 11.1. The SMILES string of the molecule is Cc1ccc(NC(=O)Nc2cc(CCC(=O)OCOC(=O)N(C)c3ncccc3CON(OCc3ccccc3)OCc3ccccc3)ccc2N(CC(C)C)CC(C)C)cc1. The Morgan fingerprint density at radius 3 is 1.90 bits per heavy atom. The molecule has 0 radical (unpaired) electrons. The van der Waals surface area contributed by atoms with E-state index in [-0.39, 0.29) is 38.1 Å². The fourth-order valence-corrected chi connectivity index (χ4v) is 6.32. The summed E-state index contributed by atoms with van der Waals surface area (Å²) in [6, 6.07) is 35.6. The molecule has 5 aromatic rings. The van der Waals surface area contributed by atoms with E-state index in [0.717, 1.165) is 46.4 Å². The molecule has 0 unspecified atom stereocenters. The van der Waals surface area contributed by atoms with E-state index >= 15 is 0 Å². The zero-order valence-corrected chi connectivity index (χ0v) is 36.4. The molecule has 5 rings (SSSR count). The van der Waals surface area contributed by atoms with E-state index in [2.05, 4.69) is 48.2 Å². The molecule has 1 aromatic heterocycles. The molecule has 3 amide bonds. The summed E-state index contributed by atoms with van der Waals surface area (Å²) in [6.45, 7) is 11.9. The van der Waals surface area contributed by atoms with Gasteiger partial charge in [0.05, 0.1) is 30.0 Å². The Balaban J connectivity index is 1.15. The minimum atomic E-state index is -0.794. The topological polar surface area (TPSA) is 144 Å². The summed E-state index contributed by atoms with van der Waals surface area (Å²) in [5.41, 5.74) is 6.46. The molecule has 14 nitrogen and oxygen atoms in total. The number of benzene rings is 4. The fourth-order valence-electron chi connectivity index (χ4n) is 6.32. The maximum atomic E-state index is 13.2. The molecule has 0 atom stereocenters. The van der Waals surface area contributed by atoms with Gasteiger partial charge >= 0.3 is 18.1 Å². The first kappa shape index (κ1) is 46.7. The number of pyridine rings is 1. The number of urea groups is 1. The summed E-state index contributed by atoms with van der Waals surface area (Å²) in [6.07, 6.45) is 1.08. The monoisotopic (exact) mass is 846 g/mol. The van der Waals surface area contributed by atoms with Crippen LogP contribution in [0.5, 0.6) is 0 Å². The third kappa shape index (κ3) is 15.6. The van der Waals surface area contributed by atoms with Gasteiger partial charge in [0.25, 0.3) is 0 Å². The van der Waals surface area contributed by atoms with E-state index in [0.29, 0.717) is 35.2 Å². The number of anilines is 4. The Labute approximate surface area is 364 Å². The van der Waals surface area contributed by atoms with Gasteiger partial charge in [0, 0.05) is 44.0 Å². The number of aromatic nitrogens is 1. The first-order valence-electron chi connectivity index (χ1n) is 20.7. The third-order valence-corrected chi connectivity index (χ3v) is 9.29. The maximum absolute atomic E-state index is 13.2. The van der Waals surface area contributed by atoms with Gasteiger partial charge in [-0.2, -0.15) is 0 Å². The Hall–Kier alpha value is -6.32. The molecular formula is C48H58N6O8. The third-order valence-electron chi connectivity index (χ3n) is 9.29. The molecule has 0 aliphatic heterocycles. The molecule has 0 bridgehead atoms. The van der Waals surface area contributed by atoms with Gasteiger partial charge in [0.1, 0.15) is 12.4 Å². The van der Waals surface area contributed by atoms with Crippen molar-refractivity contribution in [3.05, 3.63) is 149 Å². The summed E-state index contributed by atoms with van der Waals surface area (Å²) in [5.74, 6) is 0.475. The predicted octanol–water partition coefficient (Wildman–Crippen LogP) is 9.86. The van der Waals surface area contributed by atoms with Gasteiger partial charge in [0.2, 0.25) is 6.79 Å². The maximum Gasteiger partial charge on any atom is 0.418 e. The number of rotatable bonds is 22. The van der Waals surface area contributed by atoms with Crippen molar-refractivity contribution in [3.63, 3.8) is 0 Å². The molecular weight excluding hydrogens is 789 g/mol. The zero-order chi connectivity index (χ0) is 44.3. The summed E-state index contributed by atoms with van der Waals surface area (Å²) in [7, 11) is 1.49. The lowest BCUT2D eigenvalue weighted by Gasteiger charge is -2.30. The standard InChI is InChI=1S/C48H58N6O8/c1-35(2)29-53(30-36(3)4)44-25-21-38(28-43(44)51-47(56)50-42-23-19-37(5)20-24-42)22-26-45(55)58-34-59-48(57)52(6)46-41(18-13-27-49-46)33-62-54(60-31-39-14-9-7-10-15-39)61-32-40-16-11-8-12-17-40/h7-21,23-25,27-28,35-36H,22,26,29-34H2,1-6H3,(H2,50,51,56). The quantitative estimate of drug-likeness (QED) is 0.0390. The molecule has 0 aliphatic rings. The molecule has 0 spiro atoms. The number of carbonyl (C=O) groups is 3. The van der Waals surface area contributed by atoms with Gasteiger partial charge in [-0.1, -0.05) is 118 Å². The largest absolute Gasteiger partial charge is 0.428 e. The molecule has 0 saturated carbocycles. The number of nitrogens with one attached hydrogen (secondary N) is 2. The highest BCUT2D eigenvalue weighted by Gasteiger charge is 2.21. The van der Waals surface area contributed by atoms with Crippen molar-refractivity contribution in [2.24, 2.45) is 11.8 Å². The van der Waals surface area contributed by atoms with E-state index in [1.54, 1.807) is 12.1 Å². The van der Waals surface area contributed by atoms with Crippen LogP contribution >= 0.6 is 0 Å². The summed E-state index contributed by atoms with van der Waals surface area (Å²) in [4.78, 5) is 64.6. The van der Waals surface area contributed by atoms with Crippen molar-refractivity contribution in [3.8, 4) is 0 Å². The molecule has 62 heavy (non-hydrogen) atoms. The fraction of sp³-hybridized carbons (Fsp3) is 0.333. The van der Waals surface area contributed by atoms with Crippen molar-refractivity contribution >= 4 is 41.0 Å². The van der Waals surface area contributed by atoms with Crippen LogP contribution < -0.4 is 20.4 Å². The highest BCUT2D eigenvalue weighted by Crippen LogP contribution is 2.30. The second kappa shape index (κ2) is 24.2. The lowest BCUT2D eigenvalue weighted by molar-refractivity contribution is -0.538. The van der Waals surface area contributed by atoms with Gasteiger partial charge in [0.15, 0.2) is 0 Å². The van der Waals surface area contributed by atoms with Gasteiger partial charge < -0.3 is 25.0 Å². The number of amides is 3. The minimum Gasteiger partial charge on any atom is -0.428 e. The average molecular weight is 847 g/mol. The van der Waals surface area contributed by atoms with Gasteiger partial charge in [-0.25, -0.2) is 29.1 Å². The molecule has 2 N–H and O–H groups in total. The lowest BCUT2D eigenvalue weighted by atomic mass is 10.1. The van der Waals surface area contributed by atoms with E-state index in [4.69, 9.17) is 24.0 Å². The summed E-state index contributed by atoms with van der Waals surface area (Å²) >= 11 is 0. The molecule has 0 aliphatic carbocycles. The zero-order valence-electron chi connectivity index (χ0n) is 36.4. The van der Waals surface area contributed by atoms with Crippen LogP contribution in [0.15, 0.2) is 121 Å². The molecule has 0 saturated heterocycles. The summed E-state index contributed by atoms with van der Waals surface area (Å²) < 4.78 is 10.6. The van der Waals surface area contributed by atoms with Crippen LogP contribution in [0.3, 0.4) is 0 Å². The van der Waals surface area contributed by atoms with E-state index in [9.17, 15) is 14.4 Å². The van der Waals surface area contributed by atoms with Crippen LogP contribution in [0.2, 0.25) is 0 Å². The van der Waals surface area contributed by atoms with Crippen LogP contribution in [-0.2, 0) is 55.0 Å². The minimum absolute atomic E-state index is 0.0142. The predicted molar refractivity (Wildman–Crippen MR) is 240 cm³/mol. The Morgan fingerprint density at radius 1 is 0.677 bits per heavy atom. The van der Waals surface area contributed by atoms with E-state index in [1.807, 2.05) is 110 Å². The lowest BCUT2D eigenvalue weighted by Crippen LogP contribution is -2.32. The number of aryl methyl sites for hydroxylation is 2. The van der Waals surface area contributed by atoms with Crippen LogP contribution in [0.1, 0.15) is 61.9 Å².